The van der Waals surface area contributed by atoms with Crippen LogP contribution in [-0.2, 0) is 4.79 Å². The molecule has 0 saturated heterocycles. The van der Waals surface area contributed by atoms with Crippen molar-refractivity contribution >= 4 is 12.0 Å². The van der Waals surface area contributed by atoms with E-state index in [2.05, 4.69) is 24.5 Å². The second kappa shape index (κ2) is 6.35. The lowest BCUT2D eigenvalue weighted by atomic mass is 10.1. The van der Waals surface area contributed by atoms with E-state index in [1.54, 1.807) is 0 Å². The van der Waals surface area contributed by atoms with Crippen LogP contribution < -0.4 is 10.6 Å². The Kier molecular flexibility index (Phi) is 5.85. The highest BCUT2D eigenvalue weighted by atomic mass is 16.4. The van der Waals surface area contributed by atoms with Crippen LogP contribution in [0.25, 0.3) is 0 Å². The zero-order chi connectivity index (χ0) is 12.8. The number of hydrogen-bond acceptors (Lipinski definition) is 2. The van der Waals surface area contributed by atoms with Crippen LogP contribution in [0.5, 0.6) is 0 Å². The summed E-state index contributed by atoms with van der Waals surface area (Å²) in [4.78, 5) is 22.1. The Balaban J connectivity index is 3.79. The first-order chi connectivity index (χ1) is 7.25. The number of nitrogens with one attached hydrogen (secondary N) is 2. The van der Waals surface area contributed by atoms with E-state index in [1.807, 2.05) is 0 Å². The predicted octanol–water partition coefficient (Wildman–Crippen LogP) is 1.58. The molecule has 0 bridgehead atoms. The van der Waals surface area contributed by atoms with Crippen molar-refractivity contribution in [2.24, 2.45) is 5.92 Å². The van der Waals surface area contributed by atoms with Crippen LogP contribution in [0.1, 0.15) is 40.5 Å². The summed E-state index contributed by atoms with van der Waals surface area (Å²) in [6.45, 7) is 7.70. The summed E-state index contributed by atoms with van der Waals surface area (Å²) in [7, 11) is 0. The number of carbonyl (C=O) groups is 2. The number of rotatable bonds is 6. The lowest BCUT2D eigenvalue weighted by molar-refractivity contribution is -0.142. The molecule has 0 unspecified atom stereocenters. The Morgan fingerprint density at radius 3 is 2.31 bits per heavy atom. The van der Waals surface area contributed by atoms with Crippen molar-refractivity contribution in [1.29, 1.82) is 0 Å². The highest BCUT2D eigenvalue weighted by molar-refractivity contribution is 5.85. The third-order valence-corrected chi connectivity index (χ3v) is 2.20. The Morgan fingerprint density at radius 2 is 1.88 bits per heavy atom. The number of urea groups is 1. The van der Waals surface area contributed by atoms with Gasteiger partial charge in [0.2, 0.25) is 0 Å². The number of amides is 2. The molecular formula is C11H22N2O3. The highest BCUT2D eigenvalue weighted by Gasteiger charge is 2.28. The summed E-state index contributed by atoms with van der Waals surface area (Å²) in [5.74, 6) is -0.440. The standard InChI is InChI=1S/C11H22N2O3/c1-8(2)6-5-7-12-10(16)13-11(3,4)9(14)15/h8H,5-7H2,1-4H3,(H,14,15)(H2,12,13,16). The molecule has 0 radical (unpaired) electrons. The van der Waals surface area contributed by atoms with Gasteiger partial charge in [-0.2, -0.15) is 0 Å². The maximum absolute atomic E-state index is 11.3. The first-order valence-corrected chi connectivity index (χ1v) is 5.55. The molecule has 0 rings (SSSR count). The average molecular weight is 230 g/mol. The summed E-state index contributed by atoms with van der Waals surface area (Å²) in [6, 6.07) is -0.434. The average Bonchev–Trinajstić information content (AvgIpc) is 2.11. The number of aliphatic carboxylic acids is 1. The molecule has 5 nitrogen and oxygen atoms in total. The van der Waals surface area contributed by atoms with Crippen LogP contribution >= 0.6 is 0 Å². The number of hydrogen-bond donors (Lipinski definition) is 3. The molecule has 0 heterocycles. The van der Waals surface area contributed by atoms with Gasteiger partial charge in [-0.05, 0) is 32.6 Å². The van der Waals surface area contributed by atoms with E-state index in [0.29, 0.717) is 12.5 Å². The van der Waals surface area contributed by atoms with E-state index in [4.69, 9.17) is 5.11 Å². The van der Waals surface area contributed by atoms with Crippen molar-refractivity contribution in [2.75, 3.05) is 6.54 Å². The molecule has 5 heteroatoms. The smallest absolute Gasteiger partial charge is 0.328 e. The van der Waals surface area contributed by atoms with Crippen molar-refractivity contribution in [3.63, 3.8) is 0 Å². The fourth-order valence-corrected chi connectivity index (χ4v) is 1.09. The van der Waals surface area contributed by atoms with E-state index in [-0.39, 0.29) is 0 Å². The summed E-state index contributed by atoms with van der Waals surface area (Å²) in [5.41, 5.74) is -1.23. The van der Waals surface area contributed by atoms with Crippen LogP contribution in [0.4, 0.5) is 4.79 Å². The Bertz CT molecular complexity index is 250. The second-order valence-electron chi connectivity index (χ2n) is 4.85. The predicted molar refractivity (Wildman–Crippen MR) is 62.3 cm³/mol. The second-order valence-corrected chi connectivity index (χ2v) is 4.85. The van der Waals surface area contributed by atoms with E-state index in [1.165, 1.54) is 13.8 Å². The molecule has 94 valence electrons. The molecule has 0 aromatic rings. The van der Waals surface area contributed by atoms with E-state index < -0.39 is 17.5 Å². The van der Waals surface area contributed by atoms with E-state index in [9.17, 15) is 9.59 Å². The van der Waals surface area contributed by atoms with Crippen molar-refractivity contribution < 1.29 is 14.7 Å². The molecule has 16 heavy (non-hydrogen) atoms. The van der Waals surface area contributed by atoms with Gasteiger partial charge < -0.3 is 15.7 Å². The molecule has 3 N–H and O–H groups in total. The van der Waals surface area contributed by atoms with Gasteiger partial charge in [-0.1, -0.05) is 13.8 Å². The van der Waals surface area contributed by atoms with Gasteiger partial charge in [-0.25, -0.2) is 9.59 Å². The Morgan fingerprint density at radius 1 is 1.31 bits per heavy atom. The first kappa shape index (κ1) is 14.7. The van der Waals surface area contributed by atoms with Gasteiger partial charge >= 0.3 is 12.0 Å². The van der Waals surface area contributed by atoms with Gasteiger partial charge in [0.25, 0.3) is 0 Å². The maximum Gasteiger partial charge on any atom is 0.328 e. The fourth-order valence-electron chi connectivity index (χ4n) is 1.09. The van der Waals surface area contributed by atoms with Crippen LogP contribution in [-0.4, -0.2) is 29.2 Å². The van der Waals surface area contributed by atoms with Crippen LogP contribution in [0, 0.1) is 5.92 Å². The maximum atomic E-state index is 11.3. The zero-order valence-corrected chi connectivity index (χ0v) is 10.5. The molecule has 0 fully saturated rings. The van der Waals surface area contributed by atoms with Crippen LogP contribution in [0.2, 0.25) is 0 Å². The molecule has 0 aliphatic rings. The van der Waals surface area contributed by atoms with Gasteiger partial charge in [-0.15, -0.1) is 0 Å². The molecule has 0 spiro atoms. The number of carbonyl (C=O) groups excluding carboxylic acids is 1. The topological polar surface area (TPSA) is 78.4 Å². The fraction of sp³-hybridized carbons (Fsp3) is 0.818. The molecule has 0 aromatic carbocycles. The van der Waals surface area contributed by atoms with Gasteiger partial charge in [0.05, 0.1) is 0 Å². The van der Waals surface area contributed by atoms with E-state index >= 15 is 0 Å². The van der Waals surface area contributed by atoms with Gasteiger partial charge in [0.1, 0.15) is 5.54 Å². The minimum absolute atomic E-state index is 0.434. The first-order valence-electron chi connectivity index (χ1n) is 5.55. The van der Waals surface area contributed by atoms with Crippen molar-refractivity contribution in [3.05, 3.63) is 0 Å². The molecular weight excluding hydrogens is 208 g/mol. The lowest BCUT2D eigenvalue weighted by Gasteiger charge is -2.21. The number of carboxylic acids is 1. The summed E-state index contributed by atoms with van der Waals surface area (Å²) in [6.07, 6.45) is 1.95. The zero-order valence-electron chi connectivity index (χ0n) is 10.5. The summed E-state index contributed by atoms with van der Waals surface area (Å²) < 4.78 is 0. The molecule has 0 atom stereocenters. The Labute approximate surface area is 96.6 Å². The summed E-state index contributed by atoms with van der Waals surface area (Å²) in [5, 5.41) is 13.8. The van der Waals surface area contributed by atoms with Crippen LogP contribution in [0.3, 0.4) is 0 Å². The van der Waals surface area contributed by atoms with Gasteiger partial charge in [0.15, 0.2) is 0 Å². The molecule has 0 saturated carbocycles. The lowest BCUT2D eigenvalue weighted by Crippen LogP contribution is -2.53. The quantitative estimate of drug-likeness (QED) is 0.606. The van der Waals surface area contributed by atoms with Gasteiger partial charge in [0, 0.05) is 6.54 Å². The molecule has 2 amide bonds. The Hall–Kier alpha value is -1.26. The van der Waals surface area contributed by atoms with Gasteiger partial charge in [-0.3, -0.25) is 0 Å². The van der Waals surface area contributed by atoms with Crippen molar-refractivity contribution in [2.45, 2.75) is 46.1 Å². The number of carboxylic acid groups (broad SMARTS) is 1. The summed E-state index contributed by atoms with van der Waals surface area (Å²) >= 11 is 0. The highest BCUT2D eigenvalue weighted by Crippen LogP contribution is 2.03. The SMILES string of the molecule is CC(C)CCCNC(=O)NC(C)(C)C(=O)O. The van der Waals surface area contributed by atoms with E-state index in [0.717, 1.165) is 12.8 Å². The minimum atomic E-state index is -1.23. The molecule has 0 aromatic heterocycles. The largest absolute Gasteiger partial charge is 0.480 e. The molecule has 0 aliphatic heterocycles. The van der Waals surface area contributed by atoms with Crippen molar-refractivity contribution in [3.8, 4) is 0 Å². The molecule has 0 aliphatic carbocycles. The minimum Gasteiger partial charge on any atom is -0.480 e. The third-order valence-electron chi connectivity index (χ3n) is 2.20. The monoisotopic (exact) mass is 230 g/mol. The normalized spacial score (nSPS) is 11.3. The van der Waals surface area contributed by atoms with Crippen molar-refractivity contribution in [1.82, 2.24) is 10.6 Å². The third kappa shape index (κ3) is 6.27. The van der Waals surface area contributed by atoms with Crippen LogP contribution in [0.15, 0.2) is 0 Å².